The Morgan fingerprint density at radius 3 is 1.88 bits per heavy atom. The average Bonchev–Trinajstić information content (AvgIpc) is 3.05. The number of hydrogen-bond acceptors (Lipinski definition) is 7. The van der Waals surface area contributed by atoms with Gasteiger partial charge in [0.2, 0.25) is 23.6 Å². The van der Waals surface area contributed by atoms with Crippen molar-refractivity contribution in [2.24, 2.45) is 33.7 Å². The summed E-state index contributed by atoms with van der Waals surface area (Å²) in [6, 6.07) is 5.30. The van der Waals surface area contributed by atoms with Crippen LogP contribution < -0.4 is 71.9 Å². The number of carbonyl (C=O) groups excluding carboxylic acids is 4. The van der Waals surface area contributed by atoms with E-state index in [4.69, 9.17) is 75.7 Å². The SMILES string of the molecule is [B]c1c([B])c([B])c(C[C@H](NC(=O)[C@@H](CCCN=C(N)N)NC(=O)[C@@H](N)Cc2ccccc2)C(=O)N[C@@]([B])(CCCCN)C(N)=O)c([B])c1[B]. The van der Waals surface area contributed by atoms with Gasteiger partial charge in [0.15, 0.2) is 5.96 Å². The molecule has 0 saturated heterocycles. The summed E-state index contributed by atoms with van der Waals surface area (Å²) >= 11 is 0. The number of benzene rings is 2. The van der Waals surface area contributed by atoms with Crippen molar-refractivity contribution in [3.63, 3.8) is 0 Å². The van der Waals surface area contributed by atoms with Crippen molar-refractivity contribution in [2.75, 3.05) is 13.1 Å². The van der Waals surface area contributed by atoms with E-state index in [2.05, 4.69) is 20.9 Å². The quantitative estimate of drug-likeness (QED) is 0.0312. The minimum Gasteiger partial charge on any atom is -0.370 e. The smallest absolute Gasteiger partial charge is 0.243 e. The molecule has 13 nitrogen and oxygen atoms in total. The van der Waals surface area contributed by atoms with Gasteiger partial charge in [-0.2, -0.15) is 0 Å². The predicted molar refractivity (Wildman–Crippen MR) is 198 cm³/mol. The molecular weight excluding hydrogens is 615 g/mol. The largest absolute Gasteiger partial charge is 0.370 e. The molecule has 246 valence electrons. The summed E-state index contributed by atoms with van der Waals surface area (Å²) in [5, 5.41) is 7.68. The second kappa shape index (κ2) is 19.2. The molecular formula is C30H39B6N9O4. The minimum atomic E-state index is -2.01. The topological polar surface area (TPSA) is 247 Å². The second-order valence-electron chi connectivity index (χ2n) is 11.7. The van der Waals surface area contributed by atoms with Gasteiger partial charge in [-0.25, -0.2) is 0 Å². The Hall–Kier alpha value is -4.10. The van der Waals surface area contributed by atoms with E-state index in [1.54, 1.807) is 12.1 Å². The number of primary amides is 1. The normalized spacial score (nSPS) is 14.0. The van der Waals surface area contributed by atoms with Crippen molar-refractivity contribution >= 4 is 104 Å². The van der Waals surface area contributed by atoms with E-state index in [0.717, 1.165) is 5.56 Å². The molecule has 0 saturated carbocycles. The molecule has 0 aliphatic heterocycles. The number of nitrogens with one attached hydrogen (secondary N) is 3. The summed E-state index contributed by atoms with van der Waals surface area (Å²) in [6.07, 6.45) is 0.881. The number of aliphatic imine (C=N–C) groups is 1. The molecule has 0 aliphatic rings. The van der Waals surface area contributed by atoms with E-state index in [9.17, 15) is 19.2 Å². The van der Waals surface area contributed by atoms with Crippen LogP contribution in [0.1, 0.15) is 43.2 Å². The highest BCUT2D eigenvalue weighted by Crippen LogP contribution is 2.12. The van der Waals surface area contributed by atoms with Gasteiger partial charge in [0, 0.05) is 13.0 Å². The van der Waals surface area contributed by atoms with Gasteiger partial charge < -0.3 is 44.6 Å². The number of nitrogens with two attached hydrogens (primary N) is 5. The Balaban J connectivity index is 2.47. The molecule has 12 radical (unpaired) electrons. The lowest BCUT2D eigenvalue weighted by molar-refractivity contribution is -0.134. The van der Waals surface area contributed by atoms with Gasteiger partial charge >= 0.3 is 0 Å². The van der Waals surface area contributed by atoms with Crippen molar-refractivity contribution in [3.05, 3.63) is 41.5 Å². The Labute approximate surface area is 295 Å². The molecule has 2 rings (SSSR count). The maximum Gasteiger partial charge on any atom is 0.243 e. The second-order valence-corrected chi connectivity index (χ2v) is 11.7. The standard InChI is InChI=1S/C30H39B6N9O4/c31-20-16(21(32)23(34)24(35)22(20)33)14-19(27(48)45-30(36,28(39)49)10-4-5-11-37)44-26(47)18(9-6-12-42-29(40)41)43-25(46)17(38)13-15-7-2-1-3-8-15/h1-3,7-8,17-19H,4-6,9-14,37-38H2,(H2,39,49)(H,43,46)(H,44,47)(H,45,48)(H4,40,41,42)/t17-,18+,19-,30-/m0/s1. The molecule has 19 heteroatoms. The minimum absolute atomic E-state index is 0.0357. The zero-order valence-corrected chi connectivity index (χ0v) is 27.4. The summed E-state index contributed by atoms with van der Waals surface area (Å²) < 4.78 is 0. The summed E-state index contributed by atoms with van der Waals surface area (Å²) in [6.45, 7) is 0.446. The van der Waals surface area contributed by atoms with Gasteiger partial charge in [0.1, 0.15) is 59.2 Å². The van der Waals surface area contributed by atoms with Crippen LogP contribution in [0.2, 0.25) is 0 Å². The zero-order chi connectivity index (χ0) is 36.9. The van der Waals surface area contributed by atoms with Crippen molar-refractivity contribution in [1.29, 1.82) is 0 Å². The van der Waals surface area contributed by atoms with E-state index < -0.39 is 47.2 Å². The lowest BCUT2D eigenvalue weighted by Gasteiger charge is -2.32. The number of rotatable bonds is 19. The molecule has 0 fully saturated rings. The third kappa shape index (κ3) is 12.1. The fraction of sp³-hybridized carbons (Fsp3) is 0.433. The highest BCUT2D eigenvalue weighted by molar-refractivity contribution is 6.67. The lowest BCUT2D eigenvalue weighted by atomic mass is 9.60. The summed E-state index contributed by atoms with van der Waals surface area (Å²) in [4.78, 5) is 57.2. The lowest BCUT2D eigenvalue weighted by Crippen LogP contribution is -2.64. The molecule has 13 N–H and O–H groups in total. The zero-order valence-electron chi connectivity index (χ0n) is 27.4. The highest BCUT2D eigenvalue weighted by atomic mass is 16.2. The van der Waals surface area contributed by atoms with Gasteiger partial charge in [-0.15, -0.1) is 27.3 Å². The maximum absolute atomic E-state index is 13.9. The van der Waals surface area contributed by atoms with Crippen molar-refractivity contribution in [3.8, 4) is 0 Å². The number of nitrogens with zero attached hydrogens (tertiary/aromatic N) is 1. The van der Waals surface area contributed by atoms with Gasteiger partial charge in [-0.3, -0.25) is 24.2 Å². The first-order chi connectivity index (χ1) is 23.0. The Kier molecular flexibility index (Phi) is 16.1. The number of hydrogen-bond donors (Lipinski definition) is 8. The van der Waals surface area contributed by atoms with Crippen LogP contribution in [0.3, 0.4) is 0 Å². The van der Waals surface area contributed by atoms with Crippen molar-refractivity contribution < 1.29 is 19.2 Å². The van der Waals surface area contributed by atoms with Gasteiger partial charge in [0.25, 0.3) is 0 Å². The molecule has 0 unspecified atom stereocenters. The van der Waals surface area contributed by atoms with Crippen LogP contribution in [-0.2, 0) is 32.0 Å². The number of carbonyl (C=O) groups is 4. The maximum atomic E-state index is 13.9. The third-order valence-electron chi connectivity index (χ3n) is 7.88. The molecule has 4 atom stereocenters. The van der Waals surface area contributed by atoms with Crippen LogP contribution in [0.25, 0.3) is 0 Å². The Bertz CT molecular complexity index is 1490. The first-order valence-corrected chi connectivity index (χ1v) is 15.6. The van der Waals surface area contributed by atoms with Crippen LogP contribution in [0.15, 0.2) is 35.3 Å². The molecule has 0 aromatic heterocycles. The van der Waals surface area contributed by atoms with E-state index in [-0.39, 0.29) is 77.5 Å². The number of amides is 4. The Morgan fingerprint density at radius 1 is 0.755 bits per heavy atom. The van der Waals surface area contributed by atoms with Crippen LogP contribution in [0, 0.1) is 0 Å². The van der Waals surface area contributed by atoms with E-state index in [0.29, 0.717) is 19.4 Å². The predicted octanol–water partition coefficient (Wildman–Crippen LogP) is -7.61. The molecule has 0 heterocycles. The summed E-state index contributed by atoms with van der Waals surface area (Å²) in [7, 11) is 36.7. The monoisotopic (exact) mass is 655 g/mol. The van der Waals surface area contributed by atoms with Gasteiger partial charge in [0.05, 0.1) is 11.5 Å². The fourth-order valence-corrected chi connectivity index (χ4v) is 4.93. The molecule has 0 spiro atoms. The van der Waals surface area contributed by atoms with Crippen LogP contribution in [-0.4, -0.2) is 113 Å². The summed E-state index contributed by atoms with van der Waals surface area (Å²) in [5.41, 5.74) is 26.6. The fourth-order valence-electron chi connectivity index (χ4n) is 4.93. The molecule has 0 bridgehead atoms. The van der Waals surface area contributed by atoms with Gasteiger partial charge in [-0.05, 0) is 44.2 Å². The molecule has 49 heavy (non-hydrogen) atoms. The first-order valence-electron chi connectivity index (χ1n) is 15.6. The van der Waals surface area contributed by atoms with E-state index >= 15 is 0 Å². The molecule has 2 aromatic carbocycles. The van der Waals surface area contributed by atoms with Crippen molar-refractivity contribution in [2.45, 2.75) is 68.5 Å². The van der Waals surface area contributed by atoms with E-state index in [1.165, 1.54) is 0 Å². The van der Waals surface area contributed by atoms with Crippen LogP contribution >= 0.6 is 0 Å². The number of guanidine groups is 1. The van der Waals surface area contributed by atoms with Crippen LogP contribution in [0.5, 0.6) is 0 Å². The first kappa shape index (κ1) is 41.1. The van der Waals surface area contributed by atoms with Gasteiger partial charge in [-0.1, -0.05) is 42.3 Å². The van der Waals surface area contributed by atoms with E-state index in [1.807, 2.05) is 18.2 Å². The average molecular weight is 655 g/mol. The Morgan fingerprint density at radius 2 is 1.33 bits per heavy atom. The van der Waals surface area contributed by atoms with Crippen molar-refractivity contribution in [1.82, 2.24) is 16.0 Å². The van der Waals surface area contributed by atoms with Crippen LogP contribution in [0.4, 0.5) is 0 Å². The third-order valence-corrected chi connectivity index (χ3v) is 7.88. The highest BCUT2D eigenvalue weighted by Gasteiger charge is 2.36. The molecule has 2 aromatic rings. The summed E-state index contributed by atoms with van der Waals surface area (Å²) in [5.74, 6) is -3.55. The molecule has 0 aliphatic carbocycles. The molecule has 4 amide bonds. The number of unbranched alkanes of at least 4 members (excludes halogenated alkanes) is 1.